The van der Waals surface area contributed by atoms with Gasteiger partial charge in [-0.1, -0.05) is 38.3 Å². The lowest BCUT2D eigenvalue weighted by Gasteiger charge is -2.12. The Kier molecular flexibility index (Phi) is 4.66. The quantitative estimate of drug-likeness (QED) is 0.817. The minimum atomic E-state index is 0.568. The zero-order valence-corrected chi connectivity index (χ0v) is 9.38. The molecule has 0 aliphatic carbocycles. The van der Waals surface area contributed by atoms with Crippen LogP contribution in [0.25, 0.3) is 0 Å². The van der Waals surface area contributed by atoms with Crippen molar-refractivity contribution in [2.75, 3.05) is 11.9 Å². The van der Waals surface area contributed by atoms with Crippen molar-refractivity contribution in [2.45, 2.75) is 26.7 Å². The third kappa shape index (κ3) is 3.50. The molecule has 0 aliphatic heterocycles. The highest BCUT2D eigenvalue weighted by molar-refractivity contribution is 6.30. The molecule has 3 nitrogen and oxygen atoms in total. The molecule has 4 heteroatoms. The first-order valence-electron chi connectivity index (χ1n) is 4.97. The van der Waals surface area contributed by atoms with E-state index in [4.69, 9.17) is 11.6 Å². The maximum Gasteiger partial charge on any atom is 0.222 e. The van der Waals surface area contributed by atoms with Gasteiger partial charge in [0.15, 0.2) is 0 Å². The number of nitrogens with zero attached hydrogens (tertiary/aromatic N) is 2. The van der Waals surface area contributed by atoms with Crippen LogP contribution in [0.3, 0.4) is 0 Å². The summed E-state index contributed by atoms with van der Waals surface area (Å²) in [7, 11) is 0. The maximum absolute atomic E-state index is 5.68. The Balaban J connectivity index is 2.41. The van der Waals surface area contributed by atoms with E-state index in [2.05, 4.69) is 29.1 Å². The van der Waals surface area contributed by atoms with Crippen molar-refractivity contribution in [3.63, 3.8) is 0 Å². The van der Waals surface area contributed by atoms with Crippen LogP contribution in [0.1, 0.15) is 26.7 Å². The highest BCUT2D eigenvalue weighted by Gasteiger charge is 2.03. The number of rotatable bonds is 5. The molecule has 14 heavy (non-hydrogen) atoms. The zero-order valence-electron chi connectivity index (χ0n) is 8.63. The summed E-state index contributed by atoms with van der Waals surface area (Å²) in [6.07, 6.45) is 5.56. The molecule has 1 aromatic rings. The van der Waals surface area contributed by atoms with E-state index in [-0.39, 0.29) is 0 Å². The second-order valence-electron chi connectivity index (χ2n) is 3.29. The molecule has 1 aromatic heterocycles. The Hall–Kier alpha value is -0.830. The van der Waals surface area contributed by atoms with E-state index in [0.29, 0.717) is 16.9 Å². The largest absolute Gasteiger partial charge is 0.354 e. The molecule has 1 rings (SSSR count). The Bertz CT molecular complexity index is 257. The molecule has 0 bridgehead atoms. The number of halogens is 1. The van der Waals surface area contributed by atoms with Gasteiger partial charge in [-0.05, 0) is 5.92 Å². The van der Waals surface area contributed by atoms with E-state index >= 15 is 0 Å². The Morgan fingerprint density at radius 1 is 1.29 bits per heavy atom. The predicted octanol–water partition coefficient (Wildman–Crippen LogP) is 2.98. The van der Waals surface area contributed by atoms with Crippen LogP contribution in [0.15, 0.2) is 12.4 Å². The third-order valence-corrected chi connectivity index (χ3v) is 2.52. The second kappa shape index (κ2) is 5.81. The van der Waals surface area contributed by atoms with Crippen molar-refractivity contribution in [2.24, 2.45) is 5.92 Å². The molecule has 0 atom stereocenters. The van der Waals surface area contributed by atoms with E-state index in [1.807, 2.05) is 0 Å². The first kappa shape index (κ1) is 11.2. The van der Waals surface area contributed by atoms with Crippen LogP contribution in [0, 0.1) is 5.92 Å². The Morgan fingerprint density at radius 2 is 1.86 bits per heavy atom. The minimum Gasteiger partial charge on any atom is -0.354 e. The lowest BCUT2D eigenvalue weighted by Crippen LogP contribution is -2.14. The fraction of sp³-hybridized carbons (Fsp3) is 0.600. The number of hydrogen-bond donors (Lipinski definition) is 1. The lowest BCUT2D eigenvalue weighted by atomic mass is 10.0. The number of nitrogens with one attached hydrogen (secondary N) is 1. The highest BCUT2D eigenvalue weighted by atomic mass is 35.5. The second-order valence-corrected chi connectivity index (χ2v) is 3.72. The molecule has 0 spiro atoms. The van der Waals surface area contributed by atoms with Crippen molar-refractivity contribution in [3.8, 4) is 0 Å². The molecule has 1 heterocycles. The van der Waals surface area contributed by atoms with Crippen LogP contribution in [0.5, 0.6) is 0 Å². The Morgan fingerprint density at radius 3 is 2.36 bits per heavy atom. The molecule has 0 radical (unpaired) electrons. The van der Waals surface area contributed by atoms with Crippen LogP contribution >= 0.6 is 11.6 Å². The summed E-state index contributed by atoms with van der Waals surface area (Å²) in [4.78, 5) is 8.13. The maximum atomic E-state index is 5.68. The number of aromatic nitrogens is 2. The minimum absolute atomic E-state index is 0.568. The summed E-state index contributed by atoms with van der Waals surface area (Å²) in [5.74, 6) is 1.34. The fourth-order valence-electron chi connectivity index (χ4n) is 1.22. The van der Waals surface area contributed by atoms with Crippen molar-refractivity contribution < 1.29 is 0 Å². The van der Waals surface area contributed by atoms with Crippen molar-refractivity contribution >= 4 is 17.5 Å². The van der Waals surface area contributed by atoms with E-state index in [1.165, 1.54) is 12.8 Å². The van der Waals surface area contributed by atoms with E-state index in [0.717, 1.165) is 6.54 Å². The van der Waals surface area contributed by atoms with Gasteiger partial charge in [0.2, 0.25) is 5.95 Å². The molecule has 0 aromatic carbocycles. The highest BCUT2D eigenvalue weighted by Crippen LogP contribution is 2.09. The van der Waals surface area contributed by atoms with Crippen LogP contribution in [-0.2, 0) is 0 Å². The van der Waals surface area contributed by atoms with Gasteiger partial charge in [0.1, 0.15) is 0 Å². The van der Waals surface area contributed by atoms with Crippen molar-refractivity contribution in [1.29, 1.82) is 0 Å². The molecule has 0 saturated heterocycles. The standard InChI is InChI=1S/C10H16ClN3/c1-3-8(4-2)5-12-10-13-6-9(11)7-14-10/h6-8H,3-5H2,1-2H3,(H,12,13,14). The van der Waals surface area contributed by atoms with Gasteiger partial charge in [0.25, 0.3) is 0 Å². The van der Waals surface area contributed by atoms with Gasteiger partial charge in [0, 0.05) is 6.54 Å². The molecule has 1 N–H and O–H groups in total. The molecule has 0 fully saturated rings. The number of hydrogen-bond acceptors (Lipinski definition) is 3. The predicted molar refractivity (Wildman–Crippen MR) is 59.6 cm³/mol. The lowest BCUT2D eigenvalue weighted by molar-refractivity contribution is 0.517. The van der Waals surface area contributed by atoms with Gasteiger partial charge in [-0.25, -0.2) is 9.97 Å². The molecule has 0 amide bonds. The normalized spacial score (nSPS) is 10.6. The zero-order chi connectivity index (χ0) is 10.4. The summed E-state index contributed by atoms with van der Waals surface area (Å²) in [6, 6.07) is 0. The van der Waals surface area contributed by atoms with Crippen molar-refractivity contribution in [3.05, 3.63) is 17.4 Å². The van der Waals surface area contributed by atoms with Crippen LogP contribution in [0.4, 0.5) is 5.95 Å². The molecule has 0 unspecified atom stereocenters. The van der Waals surface area contributed by atoms with Crippen LogP contribution < -0.4 is 5.32 Å². The summed E-state index contributed by atoms with van der Waals surface area (Å²) in [6.45, 7) is 5.31. The summed E-state index contributed by atoms with van der Waals surface area (Å²) in [5, 5.41) is 3.76. The first-order valence-corrected chi connectivity index (χ1v) is 5.35. The van der Waals surface area contributed by atoms with Crippen molar-refractivity contribution in [1.82, 2.24) is 9.97 Å². The smallest absolute Gasteiger partial charge is 0.222 e. The van der Waals surface area contributed by atoms with Gasteiger partial charge in [0.05, 0.1) is 17.4 Å². The molecule has 0 saturated carbocycles. The van der Waals surface area contributed by atoms with Crippen LogP contribution in [0.2, 0.25) is 5.02 Å². The van der Waals surface area contributed by atoms with E-state index in [9.17, 15) is 0 Å². The van der Waals surface area contributed by atoms with Crippen LogP contribution in [-0.4, -0.2) is 16.5 Å². The number of anilines is 1. The summed E-state index contributed by atoms with van der Waals surface area (Å²) >= 11 is 5.68. The van der Waals surface area contributed by atoms with Gasteiger partial charge >= 0.3 is 0 Å². The van der Waals surface area contributed by atoms with E-state index in [1.54, 1.807) is 12.4 Å². The van der Waals surface area contributed by atoms with Gasteiger partial charge < -0.3 is 5.32 Å². The first-order chi connectivity index (χ1) is 6.76. The van der Waals surface area contributed by atoms with Gasteiger partial charge in [-0.3, -0.25) is 0 Å². The average molecular weight is 214 g/mol. The SMILES string of the molecule is CCC(CC)CNc1ncc(Cl)cn1. The summed E-state index contributed by atoms with van der Waals surface area (Å²) < 4.78 is 0. The topological polar surface area (TPSA) is 37.8 Å². The van der Waals surface area contributed by atoms with E-state index < -0.39 is 0 Å². The third-order valence-electron chi connectivity index (χ3n) is 2.32. The molecular formula is C10H16ClN3. The monoisotopic (exact) mass is 213 g/mol. The molecule has 0 aliphatic rings. The summed E-state index contributed by atoms with van der Waals surface area (Å²) in [5.41, 5.74) is 0. The van der Waals surface area contributed by atoms with Gasteiger partial charge in [-0.15, -0.1) is 0 Å². The van der Waals surface area contributed by atoms with Gasteiger partial charge in [-0.2, -0.15) is 0 Å². The fourth-order valence-corrected chi connectivity index (χ4v) is 1.31. The average Bonchev–Trinajstić information content (AvgIpc) is 2.22. The molecular weight excluding hydrogens is 198 g/mol. The Labute approximate surface area is 89.9 Å². The molecule has 78 valence electrons.